The summed E-state index contributed by atoms with van der Waals surface area (Å²) < 4.78 is 5.77. The van der Waals surface area contributed by atoms with Crippen molar-refractivity contribution in [3.63, 3.8) is 0 Å². The summed E-state index contributed by atoms with van der Waals surface area (Å²) in [6.07, 6.45) is 0. The molecule has 112 valence electrons. The lowest BCUT2D eigenvalue weighted by atomic mass is 10.1. The fourth-order valence-electron chi connectivity index (χ4n) is 2.84. The first kappa shape index (κ1) is 14.1. The van der Waals surface area contributed by atoms with Gasteiger partial charge in [0, 0.05) is 35.9 Å². The molecule has 2 heterocycles. The largest absolute Gasteiger partial charge is 0.411 e. The zero-order valence-electron chi connectivity index (χ0n) is 12.7. The monoisotopic (exact) mass is 287 g/mol. The number of ether oxygens (including phenoxy) is 1. The molecule has 2 aromatic rings. The predicted octanol–water partition coefficient (Wildman–Crippen LogP) is 2.41. The number of pyridine rings is 1. The number of fused-ring (bicyclic) bond motifs is 1. The van der Waals surface area contributed by atoms with Gasteiger partial charge in [0.05, 0.1) is 17.7 Å². The second-order valence-electron chi connectivity index (χ2n) is 6.11. The molecule has 0 spiro atoms. The Morgan fingerprint density at radius 3 is 2.86 bits per heavy atom. The number of aromatic nitrogens is 1. The van der Waals surface area contributed by atoms with Crippen molar-refractivity contribution in [3.05, 3.63) is 30.0 Å². The zero-order chi connectivity index (χ0) is 15.0. The minimum absolute atomic E-state index is 0.133. The van der Waals surface area contributed by atoms with Crippen LogP contribution in [0.1, 0.15) is 19.5 Å². The molecule has 0 bridgehead atoms. The van der Waals surface area contributed by atoms with Gasteiger partial charge < -0.3 is 14.5 Å². The van der Waals surface area contributed by atoms with Crippen LogP contribution in [0.5, 0.6) is 5.75 Å². The maximum atomic E-state index is 5.77. The van der Waals surface area contributed by atoms with E-state index in [4.69, 9.17) is 15.5 Å². The third-order valence-corrected chi connectivity index (χ3v) is 3.80. The number of hydrogen-bond donors (Lipinski definition) is 1. The van der Waals surface area contributed by atoms with E-state index in [0.717, 1.165) is 42.0 Å². The van der Waals surface area contributed by atoms with E-state index in [0.29, 0.717) is 5.75 Å². The van der Waals surface area contributed by atoms with Crippen molar-refractivity contribution in [2.45, 2.75) is 26.4 Å². The molecule has 1 fully saturated rings. The van der Waals surface area contributed by atoms with Crippen molar-refractivity contribution in [2.75, 3.05) is 24.6 Å². The van der Waals surface area contributed by atoms with Crippen LogP contribution in [0.25, 0.3) is 10.9 Å². The van der Waals surface area contributed by atoms with Crippen LogP contribution in [0.2, 0.25) is 0 Å². The number of aryl methyl sites for hydroxylation is 1. The predicted molar refractivity (Wildman–Crippen MR) is 83.5 cm³/mol. The van der Waals surface area contributed by atoms with Crippen LogP contribution in [-0.4, -0.2) is 30.3 Å². The summed E-state index contributed by atoms with van der Waals surface area (Å²) in [5.41, 5.74) is 2.80. The normalized spacial score (nSPS) is 18.0. The molecule has 3 rings (SSSR count). The van der Waals surface area contributed by atoms with E-state index in [1.807, 2.05) is 19.1 Å². The van der Waals surface area contributed by atoms with Crippen LogP contribution in [0.3, 0.4) is 0 Å². The Balaban J connectivity index is 2.02. The van der Waals surface area contributed by atoms with E-state index >= 15 is 0 Å². The van der Waals surface area contributed by atoms with E-state index in [2.05, 4.69) is 35.9 Å². The molecular weight excluding hydrogens is 266 g/mol. The molecule has 5 heteroatoms. The first-order valence-corrected chi connectivity index (χ1v) is 7.15. The van der Waals surface area contributed by atoms with Crippen molar-refractivity contribution < 1.29 is 9.57 Å². The van der Waals surface area contributed by atoms with Crippen molar-refractivity contribution in [2.24, 2.45) is 5.90 Å². The summed E-state index contributed by atoms with van der Waals surface area (Å²) in [6, 6.07) is 8.06. The van der Waals surface area contributed by atoms with Gasteiger partial charge >= 0.3 is 0 Å². The molecule has 0 radical (unpaired) electrons. The minimum Gasteiger partial charge on any atom is -0.411 e. The Morgan fingerprint density at radius 2 is 2.14 bits per heavy atom. The van der Waals surface area contributed by atoms with Gasteiger partial charge in [-0.1, -0.05) is 0 Å². The number of anilines is 1. The molecule has 1 aliphatic heterocycles. The van der Waals surface area contributed by atoms with Gasteiger partial charge in [-0.3, -0.25) is 4.98 Å². The summed E-state index contributed by atoms with van der Waals surface area (Å²) in [5, 5.41) is 0.935. The molecular formula is C16H21N3O2. The maximum Gasteiger partial charge on any atom is 0.158 e. The molecule has 2 N–H and O–H groups in total. The Labute approximate surface area is 124 Å². The fourth-order valence-corrected chi connectivity index (χ4v) is 2.84. The lowest BCUT2D eigenvalue weighted by Crippen LogP contribution is -2.48. The topological polar surface area (TPSA) is 60.6 Å². The Morgan fingerprint density at radius 1 is 1.33 bits per heavy atom. The summed E-state index contributed by atoms with van der Waals surface area (Å²) in [7, 11) is 0. The quantitative estimate of drug-likeness (QED) is 0.860. The number of rotatable bonds is 2. The van der Waals surface area contributed by atoms with Crippen LogP contribution in [0.15, 0.2) is 24.3 Å². The van der Waals surface area contributed by atoms with E-state index in [-0.39, 0.29) is 5.60 Å². The Kier molecular flexibility index (Phi) is 3.47. The first-order chi connectivity index (χ1) is 9.98. The van der Waals surface area contributed by atoms with Crippen LogP contribution in [-0.2, 0) is 4.74 Å². The molecule has 1 aromatic heterocycles. The maximum absolute atomic E-state index is 5.77. The van der Waals surface area contributed by atoms with Gasteiger partial charge in [0.1, 0.15) is 0 Å². The summed E-state index contributed by atoms with van der Waals surface area (Å²) in [4.78, 5) is 11.9. The van der Waals surface area contributed by atoms with Gasteiger partial charge in [0.2, 0.25) is 0 Å². The van der Waals surface area contributed by atoms with Gasteiger partial charge in [-0.15, -0.1) is 0 Å². The van der Waals surface area contributed by atoms with Crippen LogP contribution in [0, 0.1) is 6.92 Å². The second-order valence-corrected chi connectivity index (χ2v) is 6.11. The van der Waals surface area contributed by atoms with Gasteiger partial charge in [0.25, 0.3) is 0 Å². The SMILES string of the molecule is Cc1cc(ON)c2cc(N3CCOC(C)(C)C3)ccc2n1. The zero-order valence-corrected chi connectivity index (χ0v) is 12.7. The van der Waals surface area contributed by atoms with E-state index in [1.165, 1.54) is 0 Å². The molecule has 0 unspecified atom stereocenters. The van der Waals surface area contributed by atoms with Crippen LogP contribution >= 0.6 is 0 Å². The minimum atomic E-state index is -0.133. The number of morpholine rings is 1. The van der Waals surface area contributed by atoms with Crippen molar-refractivity contribution in [3.8, 4) is 5.75 Å². The smallest absolute Gasteiger partial charge is 0.158 e. The highest BCUT2D eigenvalue weighted by Gasteiger charge is 2.27. The molecule has 0 aliphatic carbocycles. The summed E-state index contributed by atoms with van der Waals surface area (Å²) in [6.45, 7) is 8.63. The summed E-state index contributed by atoms with van der Waals surface area (Å²) in [5.74, 6) is 6.05. The third kappa shape index (κ3) is 2.80. The Hall–Kier alpha value is -1.85. The average molecular weight is 287 g/mol. The number of nitrogens with zero attached hydrogens (tertiary/aromatic N) is 2. The molecule has 0 atom stereocenters. The van der Waals surface area contributed by atoms with Crippen LogP contribution in [0.4, 0.5) is 5.69 Å². The number of benzene rings is 1. The fraction of sp³-hybridized carbons (Fsp3) is 0.438. The highest BCUT2D eigenvalue weighted by molar-refractivity contribution is 5.88. The van der Waals surface area contributed by atoms with Gasteiger partial charge in [0.15, 0.2) is 5.75 Å². The van der Waals surface area contributed by atoms with Gasteiger partial charge in [-0.2, -0.15) is 5.90 Å². The molecule has 0 amide bonds. The van der Waals surface area contributed by atoms with Crippen molar-refractivity contribution >= 4 is 16.6 Å². The molecule has 21 heavy (non-hydrogen) atoms. The summed E-state index contributed by atoms with van der Waals surface area (Å²) >= 11 is 0. The highest BCUT2D eigenvalue weighted by atomic mass is 16.6. The molecule has 1 aliphatic rings. The number of hydrogen-bond acceptors (Lipinski definition) is 5. The van der Waals surface area contributed by atoms with Gasteiger partial charge in [-0.25, -0.2) is 0 Å². The van der Waals surface area contributed by atoms with Gasteiger partial charge in [-0.05, 0) is 39.0 Å². The lowest BCUT2D eigenvalue weighted by molar-refractivity contribution is -0.0276. The average Bonchev–Trinajstić information content (AvgIpc) is 2.44. The van der Waals surface area contributed by atoms with E-state index in [1.54, 1.807) is 0 Å². The standard InChI is InChI=1S/C16H21N3O2/c1-11-8-15(21-17)13-9-12(4-5-14(13)18-11)19-6-7-20-16(2,3)10-19/h4-5,8-9H,6-7,10,17H2,1-3H3. The second kappa shape index (κ2) is 5.16. The molecule has 1 aromatic carbocycles. The van der Waals surface area contributed by atoms with Crippen molar-refractivity contribution in [1.29, 1.82) is 0 Å². The first-order valence-electron chi connectivity index (χ1n) is 7.15. The van der Waals surface area contributed by atoms with E-state index in [9.17, 15) is 0 Å². The van der Waals surface area contributed by atoms with E-state index < -0.39 is 0 Å². The lowest BCUT2D eigenvalue weighted by Gasteiger charge is -2.39. The molecule has 1 saturated heterocycles. The molecule has 0 saturated carbocycles. The van der Waals surface area contributed by atoms with Crippen LogP contribution < -0.4 is 15.6 Å². The number of nitrogens with two attached hydrogens (primary N) is 1. The Bertz CT molecular complexity index is 670. The molecule has 5 nitrogen and oxygen atoms in total. The third-order valence-electron chi connectivity index (χ3n) is 3.80. The van der Waals surface area contributed by atoms with Crippen molar-refractivity contribution in [1.82, 2.24) is 4.98 Å². The highest BCUT2D eigenvalue weighted by Crippen LogP contribution is 2.30.